The Hall–Kier alpha value is -1.61. The number of carbonyl (C=O) groups is 1. The molecule has 0 aliphatic carbocycles. The Morgan fingerprint density at radius 2 is 1.89 bits per heavy atom. The largest absolute Gasteiger partial charge is 0.495 e. The van der Waals surface area contributed by atoms with Gasteiger partial charge in [-0.05, 0) is 104 Å². The molecule has 1 atom stereocenters. The van der Waals surface area contributed by atoms with Crippen LogP contribution in [0.15, 0.2) is 12.3 Å². The summed E-state index contributed by atoms with van der Waals surface area (Å²) in [5, 5.41) is 6.34. The molecule has 2 aliphatic rings. The summed E-state index contributed by atoms with van der Waals surface area (Å²) in [5.74, 6) is -0.177. The molecular weight excluding hydrogens is 479 g/mol. The van der Waals surface area contributed by atoms with Crippen LogP contribution in [0.5, 0.6) is 0 Å². The monoisotopic (exact) mass is 518 g/mol. The van der Waals surface area contributed by atoms with E-state index in [2.05, 4.69) is 27.7 Å². The van der Waals surface area contributed by atoms with Crippen molar-refractivity contribution in [3.63, 3.8) is 0 Å². The van der Waals surface area contributed by atoms with Gasteiger partial charge in [0.15, 0.2) is 6.23 Å². The van der Waals surface area contributed by atoms with Gasteiger partial charge in [0, 0.05) is 23.4 Å². The van der Waals surface area contributed by atoms with Gasteiger partial charge in [-0.25, -0.2) is 4.68 Å². The molecule has 0 N–H and O–H groups in total. The van der Waals surface area contributed by atoms with Crippen molar-refractivity contribution in [2.24, 2.45) is 0 Å². The molecule has 4 rings (SSSR count). The highest BCUT2D eigenvalue weighted by molar-refractivity contribution is 6.66. The molecule has 1 aromatic carbocycles. The van der Waals surface area contributed by atoms with E-state index < -0.39 is 23.9 Å². The van der Waals surface area contributed by atoms with Crippen LogP contribution in [0.4, 0.5) is 0 Å². The summed E-state index contributed by atoms with van der Waals surface area (Å²) in [6.07, 6.45) is 7.46. The molecule has 7 nitrogen and oxygen atoms in total. The van der Waals surface area contributed by atoms with Crippen LogP contribution in [-0.4, -0.2) is 46.3 Å². The Bertz CT molecular complexity index is 1090. The average Bonchev–Trinajstić information content (AvgIpc) is 3.27. The van der Waals surface area contributed by atoms with E-state index in [1.165, 1.54) is 0 Å². The highest BCUT2D eigenvalue weighted by Gasteiger charge is 2.53. The Kier molecular flexibility index (Phi) is 7.83. The van der Waals surface area contributed by atoms with Gasteiger partial charge < -0.3 is 18.8 Å². The standard InChI is InChI=1S/C27H40BClN2O5/c1-25(2,3)34-23(32)14-9-8-12-18-20(29)16-21-19(17-30-31(21)22-13-10-11-15-33-22)24(18)28-35-26(4,5)27(6,7)36-28/h16-17,22H,8-15H2,1-7H3. The minimum Gasteiger partial charge on any atom is -0.460 e. The van der Waals surface area contributed by atoms with Crippen molar-refractivity contribution in [1.29, 1.82) is 0 Å². The topological polar surface area (TPSA) is 71.8 Å². The molecule has 2 aliphatic heterocycles. The minimum atomic E-state index is -0.568. The van der Waals surface area contributed by atoms with Gasteiger partial charge in [-0.3, -0.25) is 4.79 Å². The normalized spacial score (nSPS) is 21.8. The second-order valence-electron chi connectivity index (χ2n) is 12.0. The summed E-state index contributed by atoms with van der Waals surface area (Å²) < 4.78 is 26.4. The maximum absolute atomic E-state index is 12.2. The number of aromatic nitrogens is 2. The third-order valence-corrected chi connectivity index (χ3v) is 7.73. The summed E-state index contributed by atoms with van der Waals surface area (Å²) in [4.78, 5) is 12.2. The highest BCUT2D eigenvalue weighted by atomic mass is 35.5. The lowest BCUT2D eigenvalue weighted by molar-refractivity contribution is -0.154. The van der Waals surface area contributed by atoms with Gasteiger partial charge >= 0.3 is 13.1 Å². The second-order valence-corrected chi connectivity index (χ2v) is 12.4. The quantitative estimate of drug-likeness (QED) is 0.264. The number of esters is 1. The Balaban J connectivity index is 1.64. The number of fused-ring (bicyclic) bond motifs is 1. The first-order valence-electron chi connectivity index (χ1n) is 13.2. The van der Waals surface area contributed by atoms with Crippen molar-refractivity contribution in [2.45, 2.75) is 116 Å². The molecule has 2 saturated heterocycles. The maximum Gasteiger partial charge on any atom is 0.495 e. The summed E-state index contributed by atoms with van der Waals surface area (Å²) in [6.45, 7) is 14.6. The number of carbonyl (C=O) groups excluding carboxylic acids is 1. The second kappa shape index (κ2) is 10.3. The minimum absolute atomic E-state index is 0.0989. The van der Waals surface area contributed by atoms with Crippen molar-refractivity contribution >= 4 is 41.1 Å². The predicted octanol–water partition coefficient (Wildman–Crippen LogP) is 5.74. The first-order valence-corrected chi connectivity index (χ1v) is 13.5. The molecule has 2 aromatic rings. The Morgan fingerprint density at radius 3 is 2.50 bits per heavy atom. The number of hydrogen-bond acceptors (Lipinski definition) is 6. The van der Waals surface area contributed by atoms with E-state index in [4.69, 9.17) is 35.5 Å². The molecule has 0 spiro atoms. The number of halogens is 1. The van der Waals surface area contributed by atoms with Crippen LogP contribution in [0.1, 0.15) is 98.8 Å². The molecule has 3 heterocycles. The number of unbranched alkanes of at least 4 members (excludes halogenated alkanes) is 1. The zero-order valence-electron chi connectivity index (χ0n) is 22.8. The molecular formula is C27H40BClN2O5. The number of nitrogens with zero attached hydrogens (tertiary/aromatic N) is 2. The number of ether oxygens (including phenoxy) is 2. The van der Waals surface area contributed by atoms with E-state index in [0.717, 1.165) is 54.2 Å². The molecule has 36 heavy (non-hydrogen) atoms. The Labute approximate surface area is 220 Å². The van der Waals surface area contributed by atoms with E-state index in [0.29, 0.717) is 24.3 Å². The van der Waals surface area contributed by atoms with Gasteiger partial charge in [-0.2, -0.15) is 5.10 Å². The summed E-state index contributed by atoms with van der Waals surface area (Å²) in [6, 6.07) is 1.99. The summed E-state index contributed by atoms with van der Waals surface area (Å²) in [5.41, 5.74) is 1.39. The van der Waals surface area contributed by atoms with Crippen LogP contribution in [0, 0.1) is 0 Å². The van der Waals surface area contributed by atoms with Crippen LogP contribution < -0.4 is 5.46 Å². The van der Waals surface area contributed by atoms with Gasteiger partial charge in [0.1, 0.15) is 5.60 Å². The Morgan fingerprint density at radius 1 is 1.19 bits per heavy atom. The molecule has 0 amide bonds. The molecule has 2 fully saturated rings. The number of rotatable bonds is 7. The van der Waals surface area contributed by atoms with Gasteiger partial charge in [-0.1, -0.05) is 11.6 Å². The molecule has 0 radical (unpaired) electrons. The van der Waals surface area contributed by atoms with Crippen molar-refractivity contribution in [3.05, 3.63) is 22.8 Å². The van der Waals surface area contributed by atoms with Gasteiger partial charge in [0.25, 0.3) is 0 Å². The molecule has 1 unspecified atom stereocenters. The molecule has 9 heteroatoms. The van der Waals surface area contributed by atoms with Gasteiger partial charge in [-0.15, -0.1) is 0 Å². The smallest absolute Gasteiger partial charge is 0.460 e. The van der Waals surface area contributed by atoms with Crippen molar-refractivity contribution in [3.8, 4) is 0 Å². The lowest BCUT2D eigenvalue weighted by atomic mass is 9.73. The summed E-state index contributed by atoms with van der Waals surface area (Å²) >= 11 is 6.94. The average molecular weight is 519 g/mol. The van der Waals surface area contributed by atoms with Crippen LogP contribution in [0.2, 0.25) is 5.02 Å². The number of benzene rings is 1. The fourth-order valence-corrected chi connectivity index (χ4v) is 5.12. The lowest BCUT2D eigenvalue weighted by Gasteiger charge is -2.32. The van der Waals surface area contributed by atoms with E-state index in [9.17, 15) is 4.79 Å². The zero-order chi connectivity index (χ0) is 26.3. The van der Waals surface area contributed by atoms with Crippen molar-refractivity contribution in [2.75, 3.05) is 6.61 Å². The molecule has 0 saturated carbocycles. The highest BCUT2D eigenvalue weighted by Crippen LogP contribution is 2.39. The molecule has 1 aromatic heterocycles. The fourth-order valence-electron chi connectivity index (χ4n) is 4.82. The van der Waals surface area contributed by atoms with Crippen LogP contribution in [-0.2, 0) is 30.0 Å². The predicted molar refractivity (Wildman–Crippen MR) is 143 cm³/mol. The first kappa shape index (κ1) is 27.4. The SMILES string of the molecule is CC(C)(C)OC(=O)CCCCc1c(Cl)cc2c(cnn2C2CCCCO2)c1B1OC(C)(C)C(C)(C)O1. The summed E-state index contributed by atoms with van der Waals surface area (Å²) in [7, 11) is -0.568. The van der Waals surface area contributed by atoms with Crippen molar-refractivity contribution < 1.29 is 23.6 Å². The van der Waals surface area contributed by atoms with Crippen molar-refractivity contribution in [1.82, 2.24) is 9.78 Å². The van der Waals surface area contributed by atoms with Crippen LogP contribution in [0.3, 0.4) is 0 Å². The van der Waals surface area contributed by atoms with Crippen LogP contribution in [0.25, 0.3) is 10.9 Å². The number of hydrogen-bond donors (Lipinski definition) is 0. The lowest BCUT2D eigenvalue weighted by Crippen LogP contribution is -2.41. The fraction of sp³-hybridized carbons (Fsp3) is 0.704. The third kappa shape index (κ3) is 5.77. The van der Waals surface area contributed by atoms with Gasteiger partial charge in [0.2, 0.25) is 0 Å². The van der Waals surface area contributed by atoms with Crippen LogP contribution >= 0.6 is 11.6 Å². The van der Waals surface area contributed by atoms with E-state index in [1.807, 2.05) is 37.7 Å². The van der Waals surface area contributed by atoms with E-state index in [-0.39, 0.29) is 12.2 Å². The first-order chi connectivity index (χ1) is 16.8. The van der Waals surface area contributed by atoms with Gasteiger partial charge in [0.05, 0.1) is 22.9 Å². The molecule has 0 bridgehead atoms. The third-order valence-electron chi connectivity index (χ3n) is 7.40. The maximum atomic E-state index is 12.2. The zero-order valence-corrected chi connectivity index (χ0v) is 23.5. The van der Waals surface area contributed by atoms with E-state index >= 15 is 0 Å². The molecule has 198 valence electrons. The van der Waals surface area contributed by atoms with E-state index in [1.54, 1.807) is 0 Å².